The molecule has 0 amide bonds. The van der Waals surface area contributed by atoms with Crippen molar-refractivity contribution in [2.45, 2.75) is 12.2 Å². The lowest BCUT2D eigenvalue weighted by Crippen LogP contribution is -2.28. The van der Waals surface area contributed by atoms with Gasteiger partial charge in [0.15, 0.2) is 5.01 Å². The minimum absolute atomic E-state index is 0.0919. The molecule has 0 fully saturated rings. The summed E-state index contributed by atoms with van der Waals surface area (Å²) < 4.78 is 51.3. The molecule has 9 heteroatoms. The van der Waals surface area contributed by atoms with Crippen LogP contribution in [0.25, 0.3) is 0 Å². The number of thiazole rings is 1. The molecule has 0 aliphatic carbocycles. The Labute approximate surface area is 120 Å². The lowest BCUT2D eigenvalue weighted by molar-refractivity contribution is -0.137. The number of hydrogen-bond acceptors (Lipinski definition) is 4. The molecule has 0 saturated heterocycles. The first-order chi connectivity index (χ1) is 9.32. The van der Waals surface area contributed by atoms with Crippen LogP contribution in [0.5, 0.6) is 0 Å². The number of nitrogens with one attached hydrogen (secondary N) is 1. The summed E-state index contributed by atoms with van der Waals surface area (Å²) in [6, 6.07) is 2.92. The van der Waals surface area contributed by atoms with Crippen molar-refractivity contribution in [1.82, 2.24) is 10.4 Å². The maximum Gasteiger partial charge on any atom is 0.443 e. The Hall–Kier alpha value is -1.22. The first-order valence-electron chi connectivity index (χ1n) is 5.27. The van der Waals surface area contributed by atoms with E-state index in [-0.39, 0.29) is 15.5 Å². The summed E-state index contributed by atoms with van der Waals surface area (Å²) in [5, 5.41) is -0.829. The van der Waals surface area contributed by atoms with Gasteiger partial charge in [0, 0.05) is 21.7 Å². The summed E-state index contributed by atoms with van der Waals surface area (Å²) in [6.07, 6.45) is -3.52. The van der Waals surface area contributed by atoms with Crippen LogP contribution in [0.2, 0.25) is 5.02 Å². The van der Waals surface area contributed by atoms with Crippen molar-refractivity contribution in [3.63, 3.8) is 0 Å². The van der Waals surface area contributed by atoms with Crippen molar-refractivity contribution < 1.29 is 17.6 Å². The SMILES string of the molecule is NNC(c1cnc(C(F)(F)F)s1)c1ccc(Cl)cc1F. The number of halogens is 5. The summed E-state index contributed by atoms with van der Waals surface area (Å²) in [6.45, 7) is 0. The maximum absolute atomic E-state index is 13.8. The Morgan fingerprint density at radius 3 is 2.55 bits per heavy atom. The molecule has 108 valence electrons. The summed E-state index contributed by atoms with van der Waals surface area (Å²) >= 11 is 6.03. The van der Waals surface area contributed by atoms with Crippen LogP contribution >= 0.6 is 22.9 Å². The predicted molar refractivity (Wildman–Crippen MR) is 67.7 cm³/mol. The zero-order valence-electron chi connectivity index (χ0n) is 9.71. The van der Waals surface area contributed by atoms with E-state index in [0.717, 1.165) is 12.3 Å². The third-order valence-corrected chi connectivity index (χ3v) is 3.83. The van der Waals surface area contributed by atoms with Crippen LogP contribution < -0.4 is 11.3 Å². The molecular weight excluding hydrogens is 318 g/mol. The highest BCUT2D eigenvalue weighted by Crippen LogP contribution is 2.36. The Kier molecular flexibility index (Phi) is 4.28. The van der Waals surface area contributed by atoms with Crippen molar-refractivity contribution in [3.05, 3.63) is 50.7 Å². The molecule has 0 radical (unpaired) electrons. The lowest BCUT2D eigenvalue weighted by atomic mass is 10.1. The number of nitrogens with zero attached hydrogens (tertiary/aromatic N) is 1. The van der Waals surface area contributed by atoms with E-state index in [1.807, 2.05) is 0 Å². The van der Waals surface area contributed by atoms with Crippen LogP contribution in [-0.2, 0) is 6.18 Å². The fraction of sp³-hybridized carbons (Fsp3) is 0.182. The van der Waals surface area contributed by atoms with Gasteiger partial charge in [0.05, 0.1) is 6.04 Å². The molecule has 2 aromatic rings. The molecule has 3 N–H and O–H groups in total. The number of aromatic nitrogens is 1. The van der Waals surface area contributed by atoms with Gasteiger partial charge in [0.25, 0.3) is 0 Å². The standard InChI is InChI=1S/C11H8ClF4N3S/c12-5-1-2-6(7(13)3-5)9(19-17)8-4-18-10(20-8)11(14,15)16/h1-4,9,19H,17H2. The summed E-state index contributed by atoms with van der Waals surface area (Å²) in [5.41, 5.74) is 2.37. The number of hydrogen-bond donors (Lipinski definition) is 2. The molecule has 1 unspecified atom stereocenters. The molecule has 1 atom stereocenters. The van der Waals surface area contributed by atoms with Crippen LogP contribution in [-0.4, -0.2) is 4.98 Å². The van der Waals surface area contributed by atoms with Gasteiger partial charge in [-0.15, -0.1) is 11.3 Å². The molecule has 0 aliphatic rings. The van der Waals surface area contributed by atoms with E-state index < -0.39 is 23.0 Å². The number of alkyl halides is 3. The summed E-state index contributed by atoms with van der Waals surface area (Å²) in [5.74, 6) is 4.65. The van der Waals surface area contributed by atoms with Crippen LogP contribution in [0.3, 0.4) is 0 Å². The average Bonchev–Trinajstić information content (AvgIpc) is 2.82. The highest BCUT2D eigenvalue weighted by molar-refractivity contribution is 7.11. The second-order valence-corrected chi connectivity index (χ2v) is 5.33. The molecule has 0 saturated carbocycles. The molecule has 20 heavy (non-hydrogen) atoms. The molecular formula is C11H8ClF4N3S. The largest absolute Gasteiger partial charge is 0.443 e. The molecule has 0 bridgehead atoms. The van der Waals surface area contributed by atoms with Gasteiger partial charge >= 0.3 is 6.18 Å². The smallest absolute Gasteiger partial charge is 0.271 e. The quantitative estimate of drug-likeness (QED) is 0.516. The zero-order chi connectivity index (χ0) is 14.9. The minimum Gasteiger partial charge on any atom is -0.271 e. The predicted octanol–water partition coefficient (Wildman–Crippen LogP) is 3.51. The van der Waals surface area contributed by atoms with Crippen molar-refractivity contribution in [1.29, 1.82) is 0 Å². The van der Waals surface area contributed by atoms with E-state index in [2.05, 4.69) is 10.4 Å². The Morgan fingerprint density at radius 1 is 1.35 bits per heavy atom. The molecule has 2 rings (SSSR count). The van der Waals surface area contributed by atoms with Crippen LogP contribution in [0, 0.1) is 5.82 Å². The van der Waals surface area contributed by atoms with Crippen molar-refractivity contribution in [2.75, 3.05) is 0 Å². The fourth-order valence-electron chi connectivity index (χ4n) is 1.61. The first kappa shape index (κ1) is 15.2. The molecule has 1 heterocycles. The minimum atomic E-state index is -4.54. The van der Waals surface area contributed by atoms with Gasteiger partial charge in [-0.3, -0.25) is 5.84 Å². The van der Waals surface area contributed by atoms with Gasteiger partial charge < -0.3 is 0 Å². The van der Waals surface area contributed by atoms with Gasteiger partial charge in [-0.1, -0.05) is 17.7 Å². The highest BCUT2D eigenvalue weighted by atomic mass is 35.5. The van der Waals surface area contributed by atoms with E-state index in [1.54, 1.807) is 0 Å². The Bertz CT molecular complexity index is 614. The molecule has 1 aromatic heterocycles. The zero-order valence-corrected chi connectivity index (χ0v) is 11.3. The van der Waals surface area contributed by atoms with Crippen molar-refractivity contribution in [3.8, 4) is 0 Å². The number of rotatable bonds is 3. The third-order valence-electron chi connectivity index (χ3n) is 2.49. The van der Waals surface area contributed by atoms with Gasteiger partial charge in [-0.25, -0.2) is 14.8 Å². The van der Waals surface area contributed by atoms with Gasteiger partial charge in [0.1, 0.15) is 5.82 Å². The van der Waals surface area contributed by atoms with E-state index in [9.17, 15) is 17.6 Å². The highest BCUT2D eigenvalue weighted by Gasteiger charge is 2.35. The van der Waals surface area contributed by atoms with E-state index in [0.29, 0.717) is 11.3 Å². The van der Waals surface area contributed by atoms with Gasteiger partial charge in [-0.05, 0) is 12.1 Å². The van der Waals surface area contributed by atoms with Crippen LogP contribution in [0.15, 0.2) is 24.4 Å². The monoisotopic (exact) mass is 325 g/mol. The molecule has 3 nitrogen and oxygen atoms in total. The van der Waals surface area contributed by atoms with E-state index in [1.165, 1.54) is 12.1 Å². The summed E-state index contributed by atoms with van der Waals surface area (Å²) in [7, 11) is 0. The van der Waals surface area contributed by atoms with Gasteiger partial charge in [0.2, 0.25) is 0 Å². The van der Waals surface area contributed by atoms with Crippen molar-refractivity contribution >= 4 is 22.9 Å². The van der Waals surface area contributed by atoms with E-state index >= 15 is 0 Å². The number of benzene rings is 1. The topological polar surface area (TPSA) is 50.9 Å². The van der Waals surface area contributed by atoms with E-state index in [4.69, 9.17) is 17.4 Å². The fourth-order valence-corrected chi connectivity index (χ4v) is 2.63. The molecule has 0 spiro atoms. The third kappa shape index (κ3) is 3.09. The number of hydrazine groups is 1. The summed E-state index contributed by atoms with van der Waals surface area (Å²) in [4.78, 5) is 3.43. The van der Waals surface area contributed by atoms with Crippen LogP contribution in [0.4, 0.5) is 17.6 Å². The van der Waals surface area contributed by atoms with Gasteiger partial charge in [-0.2, -0.15) is 13.2 Å². The van der Waals surface area contributed by atoms with Crippen molar-refractivity contribution in [2.24, 2.45) is 5.84 Å². The maximum atomic E-state index is 13.8. The average molecular weight is 326 g/mol. The first-order valence-corrected chi connectivity index (χ1v) is 6.46. The normalized spacial score (nSPS) is 13.5. The Morgan fingerprint density at radius 2 is 2.05 bits per heavy atom. The Balaban J connectivity index is 2.40. The second-order valence-electron chi connectivity index (χ2n) is 3.83. The molecule has 1 aromatic carbocycles. The number of nitrogens with two attached hydrogens (primary N) is 1. The van der Waals surface area contributed by atoms with Crippen LogP contribution in [0.1, 0.15) is 21.5 Å². The second kappa shape index (κ2) is 5.65. The molecule has 0 aliphatic heterocycles. The lowest BCUT2D eigenvalue weighted by Gasteiger charge is -2.15.